The van der Waals surface area contributed by atoms with Crippen LogP contribution in [-0.4, -0.2) is 47.7 Å². The number of hydrogen-bond donors (Lipinski definition) is 2. The molecule has 9 heteroatoms. The van der Waals surface area contributed by atoms with E-state index in [0.717, 1.165) is 23.7 Å². The summed E-state index contributed by atoms with van der Waals surface area (Å²) in [4.78, 5) is 37.2. The van der Waals surface area contributed by atoms with Crippen molar-refractivity contribution in [3.05, 3.63) is 63.7 Å². The van der Waals surface area contributed by atoms with Gasteiger partial charge in [0.15, 0.2) is 6.61 Å². The molecular formula is C20H21N3O6. The zero-order valence-electron chi connectivity index (χ0n) is 15.8. The molecule has 0 unspecified atom stereocenters. The first-order valence-electron chi connectivity index (χ1n) is 9.12. The van der Waals surface area contributed by atoms with Crippen LogP contribution < -0.4 is 10.2 Å². The van der Waals surface area contributed by atoms with Crippen molar-refractivity contribution < 1.29 is 24.4 Å². The number of esters is 1. The van der Waals surface area contributed by atoms with Crippen LogP contribution in [0.3, 0.4) is 0 Å². The first kappa shape index (κ1) is 20.3. The summed E-state index contributed by atoms with van der Waals surface area (Å²) in [6.45, 7) is 1.39. The largest absolute Gasteiger partial charge is 0.452 e. The van der Waals surface area contributed by atoms with Gasteiger partial charge in [0.2, 0.25) is 0 Å². The molecule has 9 nitrogen and oxygen atoms in total. The molecule has 0 bridgehead atoms. The number of nitrogens with zero attached hydrogens (tertiary/aromatic N) is 2. The van der Waals surface area contributed by atoms with Crippen molar-refractivity contribution >= 4 is 28.9 Å². The van der Waals surface area contributed by atoms with Crippen molar-refractivity contribution in [3.8, 4) is 0 Å². The number of aliphatic hydroxyl groups is 1. The van der Waals surface area contributed by atoms with Gasteiger partial charge in [0.05, 0.1) is 17.1 Å². The summed E-state index contributed by atoms with van der Waals surface area (Å²) in [5, 5.41) is 22.8. The lowest BCUT2D eigenvalue weighted by Gasteiger charge is -2.22. The monoisotopic (exact) mass is 399 g/mol. The number of ether oxygens (including phenoxy) is 1. The minimum absolute atomic E-state index is 0.0572. The minimum Gasteiger partial charge on any atom is -0.452 e. The Morgan fingerprint density at radius 3 is 2.79 bits per heavy atom. The van der Waals surface area contributed by atoms with Gasteiger partial charge < -0.3 is 20.1 Å². The summed E-state index contributed by atoms with van der Waals surface area (Å²) < 4.78 is 5.17. The molecule has 0 saturated heterocycles. The van der Waals surface area contributed by atoms with Crippen molar-refractivity contribution in [2.75, 3.05) is 30.0 Å². The van der Waals surface area contributed by atoms with E-state index in [4.69, 9.17) is 9.84 Å². The van der Waals surface area contributed by atoms with Crippen LogP contribution in [-0.2, 0) is 16.0 Å². The molecule has 1 amide bonds. The summed E-state index contributed by atoms with van der Waals surface area (Å²) in [6, 6.07) is 11.2. The van der Waals surface area contributed by atoms with Crippen LogP contribution in [0.2, 0.25) is 0 Å². The quantitative estimate of drug-likeness (QED) is 0.415. The molecule has 0 aliphatic carbocycles. The number of benzene rings is 2. The van der Waals surface area contributed by atoms with Gasteiger partial charge in [-0.05, 0) is 31.0 Å². The minimum atomic E-state index is -0.859. The zero-order chi connectivity index (χ0) is 21.0. The predicted octanol–water partition coefficient (Wildman–Crippen LogP) is 2.13. The number of rotatable bonds is 7. The van der Waals surface area contributed by atoms with Gasteiger partial charge in [-0.25, -0.2) is 4.79 Å². The number of amides is 1. The maximum Gasteiger partial charge on any atom is 0.341 e. The van der Waals surface area contributed by atoms with Gasteiger partial charge in [-0.15, -0.1) is 0 Å². The van der Waals surface area contributed by atoms with Crippen LogP contribution in [0.25, 0.3) is 0 Å². The molecule has 2 aromatic rings. The number of nitro benzene ring substituents is 1. The number of para-hydroxylation sites is 1. The van der Waals surface area contributed by atoms with E-state index in [-0.39, 0.29) is 42.0 Å². The van der Waals surface area contributed by atoms with E-state index in [9.17, 15) is 19.7 Å². The number of aliphatic hydroxyl groups excluding tert-OH is 1. The summed E-state index contributed by atoms with van der Waals surface area (Å²) in [7, 11) is 0. The molecule has 1 aliphatic rings. The fourth-order valence-electron chi connectivity index (χ4n) is 3.38. The summed E-state index contributed by atoms with van der Waals surface area (Å²) in [5.74, 6) is -1.23. The third kappa shape index (κ3) is 4.35. The Morgan fingerprint density at radius 1 is 1.31 bits per heavy atom. The topological polar surface area (TPSA) is 122 Å². The van der Waals surface area contributed by atoms with E-state index in [1.807, 2.05) is 31.2 Å². The average molecular weight is 399 g/mol. The Morgan fingerprint density at radius 2 is 2.07 bits per heavy atom. The highest BCUT2D eigenvalue weighted by molar-refractivity contribution is 6.01. The third-order valence-corrected chi connectivity index (χ3v) is 4.66. The Balaban J connectivity index is 1.74. The fraction of sp³-hybridized carbons (Fsp3) is 0.300. The lowest BCUT2D eigenvalue weighted by Crippen LogP contribution is -2.38. The van der Waals surface area contributed by atoms with Crippen LogP contribution in [0.1, 0.15) is 22.8 Å². The second-order valence-corrected chi connectivity index (χ2v) is 6.66. The fourth-order valence-corrected chi connectivity index (χ4v) is 3.38. The van der Waals surface area contributed by atoms with Crippen LogP contribution in [0.15, 0.2) is 42.5 Å². The SMILES string of the molecule is C[C@@H]1Cc2ccccc2N1C(=O)COC(=O)c1cc([N+](=O)[O-])ccc1NCCO. The number of anilines is 2. The van der Waals surface area contributed by atoms with E-state index >= 15 is 0 Å². The summed E-state index contributed by atoms with van der Waals surface area (Å²) >= 11 is 0. The first-order chi connectivity index (χ1) is 13.9. The third-order valence-electron chi connectivity index (χ3n) is 4.66. The van der Waals surface area contributed by atoms with Gasteiger partial charge >= 0.3 is 5.97 Å². The maximum absolute atomic E-state index is 12.7. The van der Waals surface area contributed by atoms with Gasteiger partial charge in [-0.2, -0.15) is 0 Å². The molecule has 0 aromatic heterocycles. The van der Waals surface area contributed by atoms with Gasteiger partial charge in [-0.1, -0.05) is 18.2 Å². The van der Waals surface area contributed by atoms with Crippen molar-refractivity contribution in [1.82, 2.24) is 0 Å². The Kier molecular flexibility index (Phi) is 6.08. The van der Waals surface area contributed by atoms with Gasteiger partial charge in [0, 0.05) is 36.1 Å². The number of nitrogens with one attached hydrogen (secondary N) is 1. The van der Waals surface area contributed by atoms with E-state index in [1.54, 1.807) is 4.90 Å². The highest BCUT2D eigenvalue weighted by Crippen LogP contribution is 2.32. The highest BCUT2D eigenvalue weighted by Gasteiger charge is 2.31. The van der Waals surface area contributed by atoms with Gasteiger partial charge in [0.25, 0.3) is 11.6 Å². The second-order valence-electron chi connectivity index (χ2n) is 6.66. The lowest BCUT2D eigenvalue weighted by molar-refractivity contribution is -0.384. The normalized spacial score (nSPS) is 15.0. The molecule has 1 atom stereocenters. The number of non-ortho nitro benzene ring substituents is 1. The molecule has 0 spiro atoms. The van der Waals surface area contributed by atoms with Crippen molar-refractivity contribution in [2.45, 2.75) is 19.4 Å². The number of carbonyl (C=O) groups is 2. The zero-order valence-corrected chi connectivity index (χ0v) is 15.8. The molecular weight excluding hydrogens is 378 g/mol. The van der Waals surface area contributed by atoms with E-state index < -0.39 is 17.5 Å². The highest BCUT2D eigenvalue weighted by atomic mass is 16.6. The summed E-state index contributed by atoms with van der Waals surface area (Å²) in [5.41, 5.74) is 1.77. The molecule has 2 N–H and O–H groups in total. The Labute approximate surface area is 167 Å². The van der Waals surface area contributed by atoms with Crippen LogP contribution in [0.4, 0.5) is 17.1 Å². The van der Waals surface area contributed by atoms with Crippen LogP contribution >= 0.6 is 0 Å². The molecule has 0 fully saturated rings. The van der Waals surface area contributed by atoms with Crippen LogP contribution in [0.5, 0.6) is 0 Å². The smallest absolute Gasteiger partial charge is 0.341 e. The average Bonchev–Trinajstić information content (AvgIpc) is 3.05. The van der Waals surface area contributed by atoms with Gasteiger partial charge in [0.1, 0.15) is 0 Å². The summed E-state index contributed by atoms with van der Waals surface area (Å²) in [6.07, 6.45) is 0.718. The van der Waals surface area contributed by atoms with Crippen molar-refractivity contribution in [2.24, 2.45) is 0 Å². The van der Waals surface area contributed by atoms with Crippen molar-refractivity contribution in [3.63, 3.8) is 0 Å². The van der Waals surface area contributed by atoms with E-state index in [2.05, 4.69) is 5.32 Å². The Hall–Kier alpha value is -3.46. The molecule has 3 rings (SSSR count). The molecule has 1 heterocycles. The Bertz CT molecular complexity index is 946. The number of hydrogen-bond acceptors (Lipinski definition) is 7. The number of fused-ring (bicyclic) bond motifs is 1. The molecule has 0 radical (unpaired) electrons. The van der Waals surface area contributed by atoms with E-state index in [1.165, 1.54) is 12.1 Å². The molecule has 29 heavy (non-hydrogen) atoms. The lowest BCUT2D eigenvalue weighted by atomic mass is 10.1. The molecule has 2 aromatic carbocycles. The van der Waals surface area contributed by atoms with E-state index in [0.29, 0.717) is 0 Å². The molecule has 1 aliphatic heterocycles. The molecule has 0 saturated carbocycles. The number of carbonyl (C=O) groups excluding carboxylic acids is 2. The number of nitro groups is 1. The van der Waals surface area contributed by atoms with Crippen LogP contribution in [0, 0.1) is 10.1 Å². The maximum atomic E-state index is 12.7. The predicted molar refractivity (Wildman–Crippen MR) is 106 cm³/mol. The van der Waals surface area contributed by atoms with Gasteiger partial charge in [-0.3, -0.25) is 14.9 Å². The standard InChI is InChI=1S/C20H21N3O6/c1-13-10-14-4-2-3-5-18(14)22(13)19(25)12-29-20(26)16-11-15(23(27)28)6-7-17(16)21-8-9-24/h2-7,11,13,21,24H,8-10,12H2,1H3/t13-/m1/s1. The second kappa shape index (κ2) is 8.70. The van der Waals surface area contributed by atoms with Crippen molar-refractivity contribution in [1.29, 1.82) is 0 Å². The first-order valence-corrected chi connectivity index (χ1v) is 9.12. The molecule has 152 valence electrons.